The molecule has 1 aliphatic heterocycles. The monoisotopic (exact) mass is 356 g/mol. The topological polar surface area (TPSA) is 50.3 Å². The van der Waals surface area contributed by atoms with Gasteiger partial charge in [0.25, 0.3) is 0 Å². The third-order valence-corrected chi connectivity index (χ3v) is 7.39. The molecule has 2 aromatic rings. The molecule has 2 heterocycles. The van der Waals surface area contributed by atoms with Crippen molar-refractivity contribution in [1.82, 2.24) is 4.98 Å². The lowest BCUT2D eigenvalue weighted by atomic mass is 9.85. The molecule has 0 unspecified atom stereocenters. The first-order valence-corrected chi connectivity index (χ1v) is 10.1. The van der Waals surface area contributed by atoms with Gasteiger partial charge in [0, 0.05) is 0 Å². The zero-order chi connectivity index (χ0) is 16.4. The maximum atomic E-state index is 12.9. The van der Waals surface area contributed by atoms with Crippen LogP contribution in [-0.4, -0.2) is 22.6 Å². The summed E-state index contributed by atoms with van der Waals surface area (Å²) in [5, 5.41) is 0. The van der Waals surface area contributed by atoms with Crippen molar-refractivity contribution in [2.45, 2.75) is 17.7 Å². The van der Waals surface area contributed by atoms with Crippen molar-refractivity contribution < 1.29 is 9.59 Å². The predicted molar refractivity (Wildman–Crippen MR) is 96.2 cm³/mol. The molecule has 1 aromatic heterocycles. The molecule has 0 spiro atoms. The minimum Gasteiger partial charge on any atom is -0.274 e. The maximum Gasteiger partial charge on any atom is 0.238 e. The van der Waals surface area contributed by atoms with E-state index in [0.29, 0.717) is 5.69 Å². The highest BCUT2D eigenvalue weighted by Gasteiger charge is 2.59. The van der Waals surface area contributed by atoms with Crippen molar-refractivity contribution in [3.8, 4) is 0 Å². The molecular weight excluding hydrogens is 340 g/mol. The van der Waals surface area contributed by atoms with E-state index in [1.165, 1.54) is 4.90 Å². The lowest BCUT2D eigenvalue weighted by Crippen LogP contribution is -2.32. The van der Waals surface area contributed by atoms with Crippen LogP contribution < -0.4 is 4.90 Å². The molecule has 6 heteroatoms. The van der Waals surface area contributed by atoms with E-state index in [-0.39, 0.29) is 35.5 Å². The summed E-state index contributed by atoms with van der Waals surface area (Å²) in [6.45, 7) is 2.10. The van der Waals surface area contributed by atoms with E-state index in [4.69, 9.17) is 0 Å². The average molecular weight is 356 g/mol. The van der Waals surface area contributed by atoms with E-state index in [9.17, 15) is 9.59 Å². The highest BCUT2D eigenvalue weighted by Crippen LogP contribution is 2.53. The molecule has 122 valence electrons. The van der Waals surface area contributed by atoms with Gasteiger partial charge in [0.05, 0.1) is 27.7 Å². The Morgan fingerprint density at radius 3 is 2.58 bits per heavy atom. The van der Waals surface area contributed by atoms with Crippen molar-refractivity contribution in [2.24, 2.45) is 23.7 Å². The summed E-state index contributed by atoms with van der Waals surface area (Å²) in [4.78, 5) is 31.8. The van der Waals surface area contributed by atoms with E-state index in [1.54, 1.807) is 23.1 Å². The number of amides is 2. The second kappa shape index (κ2) is 5.17. The summed E-state index contributed by atoms with van der Waals surface area (Å²) in [6, 6.07) is 5.72. The molecule has 2 amide bonds. The van der Waals surface area contributed by atoms with Crippen LogP contribution in [0.4, 0.5) is 5.69 Å². The number of imide groups is 1. The van der Waals surface area contributed by atoms with Gasteiger partial charge < -0.3 is 0 Å². The normalized spacial score (nSPS) is 30.8. The van der Waals surface area contributed by atoms with Gasteiger partial charge in [0.2, 0.25) is 11.8 Å². The number of anilines is 1. The molecule has 2 bridgehead atoms. The minimum absolute atomic E-state index is 0.0196. The fourth-order valence-corrected chi connectivity index (χ4v) is 6.37. The number of benzene rings is 1. The Balaban J connectivity index is 1.53. The largest absolute Gasteiger partial charge is 0.274 e. The van der Waals surface area contributed by atoms with Crippen LogP contribution in [0.5, 0.6) is 0 Å². The van der Waals surface area contributed by atoms with Gasteiger partial charge >= 0.3 is 0 Å². The number of rotatable bonds is 3. The van der Waals surface area contributed by atoms with E-state index in [2.05, 4.69) is 24.1 Å². The van der Waals surface area contributed by atoms with Crippen LogP contribution in [0.1, 0.15) is 13.3 Å². The van der Waals surface area contributed by atoms with E-state index < -0.39 is 0 Å². The van der Waals surface area contributed by atoms with Crippen molar-refractivity contribution in [2.75, 3.05) is 10.7 Å². The van der Waals surface area contributed by atoms with Gasteiger partial charge in [-0.2, -0.15) is 0 Å². The van der Waals surface area contributed by atoms with Crippen LogP contribution in [0.2, 0.25) is 0 Å². The number of thiazole rings is 1. The number of carbonyl (C=O) groups is 2. The lowest BCUT2D eigenvalue weighted by molar-refractivity contribution is -0.123. The molecule has 3 aliphatic rings. The lowest BCUT2D eigenvalue weighted by Gasteiger charge is -2.17. The van der Waals surface area contributed by atoms with Gasteiger partial charge in [-0.3, -0.25) is 9.59 Å². The third-order valence-electron chi connectivity index (χ3n) is 5.35. The molecule has 1 saturated carbocycles. The van der Waals surface area contributed by atoms with Crippen molar-refractivity contribution in [1.29, 1.82) is 0 Å². The zero-order valence-electron chi connectivity index (χ0n) is 13.1. The van der Waals surface area contributed by atoms with E-state index >= 15 is 0 Å². The minimum atomic E-state index is -0.143. The van der Waals surface area contributed by atoms with Gasteiger partial charge in [0.1, 0.15) is 0 Å². The van der Waals surface area contributed by atoms with Gasteiger partial charge in [-0.25, -0.2) is 9.88 Å². The predicted octanol–water partition coefficient (Wildman–Crippen LogP) is 3.72. The van der Waals surface area contributed by atoms with Crippen LogP contribution in [0.25, 0.3) is 10.2 Å². The number of hydrogen-bond donors (Lipinski definition) is 0. The standard InChI is InChI=1S/C18H16N2O2S2/c1-2-23-18-19-12-6-5-11(8-13(12)24-18)20-16(21)14-9-3-4-10(7-9)15(14)17(20)22/h3-6,8-10,14-15H,2,7H2,1H3/t9-,10-,14-,15-/m0/s1. The molecular formula is C18H16N2O2S2. The van der Waals surface area contributed by atoms with Crippen molar-refractivity contribution in [3.05, 3.63) is 30.4 Å². The summed E-state index contributed by atoms with van der Waals surface area (Å²) < 4.78 is 2.06. The van der Waals surface area contributed by atoms with Crippen LogP contribution >= 0.6 is 23.1 Å². The summed E-state index contributed by atoms with van der Waals surface area (Å²) in [6.07, 6.45) is 5.22. The fourth-order valence-electron chi connectivity index (χ4n) is 4.37. The second-order valence-electron chi connectivity index (χ2n) is 6.58. The number of allylic oxidation sites excluding steroid dienone is 2. The smallest absolute Gasteiger partial charge is 0.238 e. The van der Waals surface area contributed by atoms with Crippen molar-refractivity contribution in [3.63, 3.8) is 0 Å². The summed E-state index contributed by atoms with van der Waals surface area (Å²) in [5.74, 6) is 1.16. The molecule has 5 rings (SSSR count). The van der Waals surface area contributed by atoms with Gasteiger partial charge in [-0.15, -0.1) is 11.3 Å². The average Bonchev–Trinajstić information content (AvgIpc) is 3.30. The van der Waals surface area contributed by atoms with E-state index in [1.807, 2.05) is 18.2 Å². The van der Waals surface area contributed by atoms with Crippen molar-refractivity contribution >= 4 is 50.8 Å². The Labute approximate surface area is 147 Å². The number of carbonyl (C=O) groups excluding carboxylic acids is 2. The SMILES string of the molecule is CCSc1nc2ccc(N3C(=O)[C@@H]4[C@@H](C3=O)[C@H]3C=C[C@H]4C3)cc2s1. The highest BCUT2D eigenvalue weighted by molar-refractivity contribution is 8.01. The summed E-state index contributed by atoms with van der Waals surface area (Å²) in [7, 11) is 0. The second-order valence-corrected chi connectivity index (χ2v) is 9.12. The Hall–Kier alpha value is -1.66. The molecule has 2 fully saturated rings. The zero-order valence-corrected chi connectivity index (χ0v) is 14.8. The molecule has 1 aromatic carbocycles. The number of thioether (sulfide) groups is 1. The molecule has 0 radical (unpaired) electrons. The maximum absolute atomic E-state index is 12.9. The molecule has 4 atom stereocenters. The fraction of sp³-hybridized carbons (Fsp3) is 0.389. The highest BCUT2D eigenvalue weighted by atomic mass is 32.2. The molecule has 0 N–H and O–H groups in total. The quantitative estimate of drug-likeness (QED) is 0.478. The van der Waals surface area contributed by atoms with Crippen LogP contribution in [0.3, 0.4) is 0 Å². The Bertz CT molecular complexity index is 874. The Morgan fingerprint density at radius 1 is 1.21 bits per heavy atom. The first kappa shape index (κ1) is 14.7. The number of aromatic nitrogens is 1. The molecule has 2 aliphatic carbocycles. The number of nitrogens with zero attached hydrogens (tertiary/aromatic N) is 2. The molecule has 1 saturated heterocycles. The third kappa shape index (κ3) is 1.90. The van der Waals surface area contributed by atoms with Crippen LogP contribution in [0.15, 0.2) is 34.7 Å². The Morgan fingerprint density at radius 2 is 1.92 bits per heavy atom. The van der Waals surface area contributed by atoms with Gasteiger partial charge in [0.15, 0.2) is 4.34 Å². The summed E-state index contributed by atoms with van der Waals surface area (Å²) >= 11 is 3.34. The van der Waals surface area contributed by atoms with Gasteiger partial charge in [-0.1, -0.05) is 30.8 Å². The Kier molecular flexibility index (Phi) is 3.16. The first-order chi connectivity index (χ1) is 11.7. The number of hydrogen-bond acceptors (Lipinski definition) is 5. The van der Waals surface area contributed by atoms with Gasteiger partial charge in [-0.05, 0) is 42.2 Å². The van der Waals surface area contributed by atoms with E-state index in [0.717, 1.165) is 26.7 Å². The van der Waals surface area contributed by atoms with Crippen LogP contribution in [0, 0.1) is 23.7 Å². The first-order valence-electron chi connectivity index (χ1n) is 8.27. The molecule has 4 nitrogen and oxygen atoms in total. The number of fused-ring (bicyclic) bond motifs is 6. The summed E-state index contributed by atoms with van der Waals surface area (Å²) in [5.41, 5.74) is 1.63. The van der Waals surface area contributed by atoms with Crippen LogP contribution in [-0.2, 0) is 9.59 Å². The molecule has 24 heavy (non-hydrogen) atoms.